The highest BCUT2D eigenvalue weighted by Crippen LogP contribution is 2.15. The second kappa shape index (κ2) is 14.1. The third kappa shape index (κ3) is 8.43. The molecule has 0 unspecified atom stereocenters. The molecule has 0 aromatic heterocycles. The maximum absolute atomic E-state index is 12.6. The van der Waals surface area contributed by atoms with Crippen LogP contribution in [0.25, 0.3) is 0 Å². The second-order valence-electron chi connectivity index (χ2n) is 8.66. The molecule has 1 aromatic rings. The number of carbonyl (C=O) groups excluding carboxylic acids is 1. The van der Waals surface area contributed by atoms with Crippen LogP contribution in [0.2, 0.25) is 0 Å². The van der Waals surface area contributed by atoms with Crippen molar-refractivity contribution in [2.75, 3.05) is 52.6 Å². The van der Waals surface area contributed by atoms with Gasteiger partial charge in [-0.15, -0.1) is 0 Å². The highest BCUT2D eigenvalue weighted by atomic mass is 16.5. The van der Waals surface area contributed by atoms with Crippen molar-refractivity contribution >= 4 is 11.9 Å². The average Bonchev–Trinajstić information content (AvgIpc) is 2.85. The summed E-state index contributed by atoms with van der Waals surface area (Å²) in [6.45, 7) is 9.38. The van der Waals surface area contributed by atoms with E-state index in [1.807, 2.05) is 29.2 Å². The Hall–Kier alpha value is -2.12. The highest BCUT2D eigenvalue weighted by Gasteiger charge is 2.18. The van der Waals surface area contributed by atoms with Crippen molar-refractivity contribution in [3.8, 4) is 0 Å². The molecule has 0 radical (unpaired) electrons. The Labute approximate surface area is 192 Å². The van der Waals surface area contributed by atoms with Crippen LogP contribution < -0.4 is 10.6 Å². The third-order valence-electron chi connectivity index (χ3n) is 6.06. The fourth-order valence-corrected chi connectivity index (χ4v) is 4.09. The summed E-state index contributed by atoms with van der Waals surface area (Å²) >= 11 is 0. The van der Waals surface area contributed by atoms with E-state index in [1.54, 1.807) is 0 Å². The van der Waals surface area contributed by atoms with Crippen molar-refractivity contribution in [2.45, 2.75) is 52.0 Å². The van der Waals surface area contributed by atoms with Crippen molar-refractivity contribution < 1.29 is 14.3 Å². The first-order chi connectivity index (χ1) is 15.8. The molecule has 0 spiro atoms. The van der Waals surface area contributed by atoms with Crippen molar-refractivity contribution in [3.63, 3.8) is 0 Å². The molecule has 7 nitrogen and oxygen atoms in total. The minimum atomic E-state index is 0.147. The maximum Gasteiger partial charge on any atom is 0.253 e. The van der Waals surface area contributed by atoms with Crippen LogP contribution in [0.5, 0.6) is 0 Å². The molecule has 1 amide bonds. The van der Waals surface area contributed by atoms with Crippen LogP contribution in [-0.4, -0.2) is 69.4 Å². The Balaban J connectivity index is 1.37. The molecule has 178 valence electrons. The quantitative estimate of drug-likeness (QED) is 0.329. The number of carbonyl (C=O) groups is 1. The average molecular weight is 445 g/mol. The van der Waals surface area contributed by atoms with E-state index in [4.69, 9.17) is 9.47 Å². The molecule has 2 aliphatic heterocycles. The number of piperidine rings is 1. The lowest BCUT2D eigenvalue weighted by Gasteiger charge is -2.26. The zero-order valence-electron chi connectivity index (χ0n) is 19.6. The number of guanidine groups is 1. The van der Waals surface area contributed by atoms with Gasteiger partial charge in [-0.05, 0) is 69.1 Å². The molecule has 2 heterocycles. The molecule has 0 atom stereocenters. The van der Waals surface area contributed by atoms with Gasteiger partial charge in [0.1, 0.15) is 0 Å². The van der Waals surface area contributed by atoms with Crippen LogP contribution in [0.1, 0.15) is 61.4 Å². The van der Waals surface area contributed by atoms with Crippen molar-refractivity contribution in [1.29, 1.82) is 0 Å². The van der Waals surface area contributed by atoms with Crippen LogP contribution in [0.15, 0.2) is 29.3 Å². The molecule has 0 saturated carbocycles. The normalized spacial score (nSPS) is 17.9. The van der Waals surface area contributed by atoms with Gasteiger partial charge in [-0.2, -0.15) is 0 Å². The van der Waals surface area contributed by atoms with Crippen molar-refractivity contribution in [2.24, 2.45) is 10.9 Å². The van der Waals surface area contributed by atoms with E-state index in [9.17, 15) is 4.79 Å². The number of nitrogens with zero attached hydrogens (tertiary/aromatic N) is 2. The minimum absolute atomic E-state index is 0.147. The Morgan fingerprint density at radius 2 is 1.88 bits per heavy atom. The SMILES string of the molecule is CCNC(=NCc1ccc(C(=O)N2CCCCC2)cc1)NCCCOCC1CCOCC1. The van der Waals surface area contributed by atoms with E-state index in [2.05, 4.69) is 22.5 Å². The van der Waals surface area contributed by atoms with Gasteiger partial charge in [-0.3, -0.25) is 4.79 Å². The molecule has 2 N–H and O–H groups in total. The molecule has 3 rings (SSSR count). The Kier molecular flexibility index (Phi) is 10.8. The number of amides is 1. The number of aliphatic imine (C=N–C) groups is 1. The van der Waals surface area contributed by atoms with E-state index in [1.165, 1.54) is 6.42 Å². The Bertz CT molecular complexity index is 696. The minimum Gasteiger partial charge on any atom is -0.381 e. The fraction of sp³-hybridized carbons (Fsp3) is 0.680. The van der Waals surface area contributed by atoms with Gasteiger partial charge in [0.15, 0.2) is 5.96 Å². The molecular formula is C25H40N4O3. The van der Waals surface area contributed by atoms with Crippen LogP contribution >= 0.6 is 0 Å². The van der Waals surface area contributed by atoms with Crippen LogP contribution in [0.4, 0.5) is 0 Å². The molecule has 7 heteroatoms. The van der Waals surface area contributed by atoms with E-state index >= 15 is 0 Å². The molecular weight excluding hydrogens is 404 g/mol. The second-order valence-corrected chi connectivity index (χ2v) is 8.66. The standard InChI is InChI=1S/C25H40N4O3/c1-2-26-25(27-13-6-16-32-20-22-11-17-31-18-12-22)28-19-21-7-9-23(10-8-21)24(30)29-14-4-3-5-15-29/h7-10,22H,2-6,11-20H2,1H3,(H2,26,27,28). The summed E-state index contributed by atoms with van der Waals surface area (Å²) in [6, 6.07) is 7.87. The van der Waals surface area contributed by atoms with Gasteiger partial charge >= 0.3 is 0 Å². The lowest BCUT2D eigenvalue weighted by molar-refractivity contribution is 0.0203. The maximum atomic E-state index is 12.6. The summed E-state index contributed by atoms with van der Waals surface area (Å²) in [5, 5.41) is 6.67. The monoisotopic (exact) mass is 444 g/mol. The number of rotatable bonds is 10. The topological polar surface area (TPSA) is 75.2 Å². The van der Waals surface area contributed by atoms with Gasteiger partial charge in [0.05, 0.1) is 6.54 Å². The number of likely N-dealkylation sites (tertiary alicyclic amines) is 1. The van der Waals surface area contributed by atoms with Gasteiger partial charge in [0, 0.05) is 58.2 Å². The lowest BCUT2D eigenvalue weighted by atomic mass is 10.0. The third-order valence-corrected chi connectivity index (χ3v) is 6.06. The molecule has 2 aliphatic rings. The van der Waals surface area contributed by atoms with E-state index < -0.39 is 0 Å². The zero-order valence-corrected chi connectivity index (χ0v) is 19.6. The van der Waals surface area contributed by atoms with Gasteiger partial charge in [0.25, 0.3) is 5.91 Å². The van der Waals surface area contributed by atoms with E-state index in [-0.39, 0.29) is 5.91 Å². The molecule has 2 fully saturated rings. The van der Waals surface area contributed by atoms with Crippen LogP contribution in [-0.2, 0) is 16.0 Å². The largest absolute Gasteiger partial charge is 0.381 e. The van der Waals surface area contributed by atoms with Gasteiger partial charge in [-0.1, -0.05) is 12.1 Å². The van der Waals surface area contributed by atoms with E-state index in [0.717, 1.165) is 102 Å². The molecule has 0 aliphatic carbocycles. The Morgan fingerprint density at radius 3 is 2.59 bits per heavy atom. The highest BCUT2D eigenvalue weighted by molar-refractivity contribution is 5.94. The van der Waals surface area contributed by atoms with Crippen LogP contribution in [0.3, 0.4) is 0 Å². The summed E-state index contributed by atoms with van der Waals surface area (Å²) in [5.74, 6) is 1.61. The smallest absolute Gasteiger partial charge is 0.253 e. The van der Waals surface area contributed by atoms with E-state index in [0.29, 0.717) is 12.5 Å². The summed E-state index contributed by atoms with van der Waals surface area (Å²) in [4.78, 5) is 19.3. The summed E-state index contributed by atoms with van der Waals surface area (Å²) in [5.41, 5.74) is 1.86. The number of nitrogens with one attached hydrogen (secondary N) is 2. The Morgan fingerprint density at radius 1 is 1.12 bits per heavy atom. The summed E-state index contributed by atoms with van der Waals surface area (Å²) in [6.07, 6.45) is 6.63. The van der Waals surface area contributed by atoms with Gasteiger partial charge in [0.2, 0.25) is 0 Å². The zero-order chi connectivity index (χ0) is 22.4. The van der Waals surface area contributed by atoms with Gasteiger partial charge in [-0.25, -0.2) is 4.99 Å². The number of benzene rings is 1. The number of hydrogen-bond donors (Lipinski definition) is 2. The molecule has 0 bridgehead atoms. The van der Waals surface area contributed by atoms with Crippen molar-refractivity contribution in [3.05, 3.63) is 35.4 Å². The molecule has 1 aromatic carbocycles. The number of hydrogen-bond acceptors (Lipinski definition) is 4. The predicted octanol–water partition coefficient (Wildman–Crippen LogP) is 3.20. The molecule has 32 heavy (non-hydrogen) atoms. The first-order valence-corrected chi connectivity index (χ1v) is 12.3. The lowest BCUT2D eigenvalue weighted by Crippen LogP contribution is -2.38. The van der Waals surface area contributed by atoms with Crippen LogP contribution in [0, 0.1) is 5.92 Å². The van der Waals surface area contributed by atoms with Gasteiger partial charge < -0.3 is 25.0 Å². The summed E-state index contributed by atoms with van der Waals surface area (Å²) < 4.78 is 11.2. The first-order valence-electron chi connectivity index (χ1n) is 12.3. The van der Waals surface area contributed by atoms with Crippen molar-refractivity contribution in [1.82, 2.24) is 15.5 Å². The summed E-state index contributed by atoms with van der Waals surface area (Å²) in [7, 11) is 0. The predicted molar refractivity (Wildman–Crippen MR) is 128 cm³/mol. The number of ether oxygens (including phenoxy) is 2. The molecule has 2 saturated heterocycles. The first kappa shape index (κ1) is 24.5. The fourth-order valence-electron chi connectivity index (χ4n) is 4.09.